The van der Waals surface area contributed by atoms with Gasteiger partial charge in [0.25, 0.3) is 5.91 Å². The van der Waals surface area contributed by atoms with E-state index in [1.165, 1.54) is 29.5 Å². The van der Waals surface area contributed by atoms with Gasteiger partial charge in [0, 0.05) is 17.0 Å². The molecule has 0 bridgehead atoms. The van der Waals surface area contributed by atoms with E-state index >= 15 is 0 Å². The number of ketones is 1. The molecule has 0 unspecified atom stereocenters. The van der Waals surface area contributed by atoms with Crippen molar-refractivity contribution in [2.75, 3.05) is 26.3 Å². The molecule has 1 aliphatic heterocycles. The van der Waals surface area contributed by atoms with Crippen molar-refractivity contribution in [2.24, 2.45) is 0 Å². The summed E-state index contributed by atoms with van der Waals surface area (Å²) in [6.45, 7) is 15.4. The predicted octanol–water partition coefficient (Wildman–Crippen LogP) is 5.10. The highest BCUT2D eigenvalue weighted by Gasteiger charge is 2.28. The molecule has 0 aliphatic carbocycles. The van der Waals surface area contributed by atoms with Gasteiger partial charge in [-0.05, 0) is 98.6 Å². The van der Waals surface area contributed by atoms with E-state index in [2.05, 4.69) is 5.32 Å². The topological polar surface area (TPSA) is 147 Å². The molecule has 13 heteroatoms. The molecule has 1 aliphatic rings. The molecule has 0 saturated heterocycles. The SMILES string of the molecule is CC(C)(C)OC(=O)COc1ccc(C(=O)CNC(=O)c2cc3c(s2)CCN(C(=O)OC(C)(C)C)C3)cc1OCC(=O)OC(C)(C)C. The van der Waals surface area contributed by atoms with Crippen LogP contribution in [-0.4, -0.2) is 77.7 Å². The molecule has 1 N–H and O–H groups in total. The molecule has 252 valence electrons. The Hall–Kier alpha value is -4.13. The summed E-state index contributed by atoms with van der Waals surface area (Å²) in [5.41, 5.74) is -0.997. The molecule has 1 aromatic carbocycles. The first-order valence-corrected chi connectivity index (χ1v) is 15.7. The average molecular weight is 661 g/mol. The maximum atomic E-state index is 13.1. The molecule has 0 fully saturated rings. The largest absolute Gasteiger partial charge is 0.478 e. The van der Waals surface area contributed by atoms with Crippen molar-refractivity contribution in [2.45, 2.75) is 92.1 Å². The minimum atomic E-state index is -0.730. The standard InChI is InChI=1S/C33H44N2O10S/c1-31(2,3)43-27(37)18-41-23-11-10-20(14-24(23)42-19-28(38)44-32(4,5)6)22(36)16-34-29(39)26-15-21-17-35(13-12-25(21)46-26)30(40)45-33(7,8)9/h10-11,14-15H,12-13,16-19H2,1-9H3,(H,34,39). The van der Waals surface area contributed by atoms with Gasteiger partial charge in [-0.3, -0.25) is 9.59 Å². The minimum Gasteiger partial charge on any atom is -0.478 e. The van der Waals surface area contributed by atoms with E-state index in [0.29, 0.717) is 24.4 Å². The van der Waals surface area contributed by atoms with Gasteiger partial charge in [0.15, 0.2) is 30.5 Å². The van der Waals surface area contributed by atoms with Crippen molar-refractivity contribution in [3.63, 3.8) is 0 Å². The summed E-state index contributed by atoms with van der Waals surface area (Å²) >= 11 is 1.33. The van der Waals surface area contributed by atoms with E-state index in [-0.39, 0.29) is 23.6 Å². The maximum Gasteiger partial charge on any atom is 0.410 e. The zero-order chi connectivity index (χ0) is 34.4. The highest BCUT2D eigenvalue weighted by Crippen LogP contribution is 2.30. The second kappa shape index (κ2) is 14.5. The number of Topliss-reactive ketones (excluding diaryl/α,β-unsaturated/α-hetero) is 1. The molecule has 2 aromatic rings. The molecular formula is C33H44N2O10S. The van der Waals surface area contributed by atoms with Gasteiger partial charge in [0.1, 0.15) is 16.8 Å². The summed E-state index contributed by atoms with van der Waals surface area (Å²) in [5.74, 6) is -1.95. The summed E-state index contributed by atoms with van der Waals surface area (Å²) in [6, 6.07) is 6.01. The molecule has 3 rings (SSSR count). The van der Waals surface area contributed by atoms with Crippen LogP contribution >= 0.6 is 11.3 Å². The number of benzene rings is 1. The van der Waals surface area contributed by atoms with Crippen molar-refractivity contribution >= 4 is 41.1 Å². The molecule has 0 saturated carbocycles. The predicted molar refractivity (Wildman–Crippen MR) is 170 cm³/mol. The van der Waals surface area contributed by atoms with E-state index in [0.717, 1.165) is 10.4 Å². The number of carbonyl (C=O) groups excluding carboxylic acids is 5. The average Bonchev–Trinajstić information content (AvgIpc) is 3.34. The fraction of sp³-hybridized carbons (Fsp3) is 0.545. The van der Waals surface area contributed by atoms with Crippen LogP contribution in [0.3, 0.4) is 0 Å². The second-order valence-electron chi connectivity index (χ2n) is 13.7. The summed E-state index contributed by atoms with van der Waals surface area (Å²) < 4.78 is 27.3. The Morgan fingerprint density at radius 3 is 1.91 bits per heavy atom. The second-order valence-corrected chi connectivity index (χ2v) is 14.9. The van der Waals surface area contributed by atoms with E-state index in [1.807, 2.05) is 0 Å². The number of thiophene rings is 1. The van der Waals surface area contributed by atoms with Gasteiger partial charge < -0.3 is 33.9 Å². The Kier molecular flexibility index (Phi) is 11.5. The lowest BCUT2D eigenvalue weighted by Gasteiger charge is -2.29. The highest BCUT2D eigenvalue weighted by atomic mass is 32.1. The van der Waals surface area contributed by atoms with Crippen LogP contribution in [0.15, 0.2) is 24.3 Å². The van der Waals surface area contributed by atoms with Gasteiger partial charge in [-0.1, -0.05) is 0 Å². The van der Waals surface area contributed by atoms with Gasteiger partial charge >= 0.3 is 18.0 Å². The third-order valence-corrected chi connectivity index (χ3v) is 7.18. The smallest absolute Gasteiger partial charge is 0.410 e. The molecule has 0 atom stereocenters. The lowest BCUT2D eigenvalue weighted by Crippen LogP contribution is -2.39. The molecule has 2 amide bonds. The lowest BCUT2D eigenvalue weighted by atomic mass is 10.1. The Balaban J connectivity index is 1.66. The number of carbonyl (C=O) groups is 5. The summed E-state index contributed by atoms with van der Waals surface area (Å²) in [6.07, 6.45) is 0.191. The van der Waals surface area contributed by atoms with Crippen LogP contribution in [0.2, 0.25) is 0 Å². The van der Waals surface area contributed by atoms with Gasteiger partial charge in [-0.25, -0.2) is 14.4 Å². The highest BCUT2D eigenvalue weighted by molar-refractivity contribution is 7.14. The molecule has 1 aromatic heterocycles. The van der Waals surface area contributed by atoms with E-state index in [1.54, 1.807) is 73.3 Å². The lowest BCUT2D eigenvalue weighted by molar-refractivity contribution is -0.158. The van der Waals surface area contributed by atoms with Crippen LogP contribution in [0.1, 0.15) is 92.8 Å². The number of amides is 2. The Bertz CT molecular complexity index is 1460. The number of rotatable bonds is 10. The van der Waals surface area contributed by atoms with Gasteiger partial charge in [-0.15, -0.1) is 11.3 Å². The van der Waals surface area contributed by atoms with Gasteiger partial charge in [-0.2, -0.15) is 0 Å². The first kappa shape index (κ1) is 36.3. The van der Waals surface area contributed by atoms with Crippen molar-refractivity contribution < 1.29 is 47.7 Å². The monoisotopic (exact) mass is 660 g/mol. The zero-order valence-electron chi connectivity index (χ0n) is 28.0. The minimum absolute atomic E-state index is 0.0343. The van der Waals surface area contributed by atoms with Gasteiger partial charge in [0.05, 0.1) is 18.0 Å². The normalized spacial score (nSPS) is 13.3. The number of hydrogen-bond donors (Lipinski definition) is 1. The Labute approximate surface area is 273 Å². The van der Waals surface area contributed by atoms with E-state index in [4.69, 9.17) is 23.7 Å². The molecule has 46 heavy (non-hydrogen) atoms. The fourth-order valence-electron chi connectivity index (χ4n) is 4.21. The van der Waals surface area contributed by atoms with Crippen LogP contribution in [0.5, 0.6) is 11.5 Å². The van der Waals surface area contributed by atoms with Crippen molar-refractivity contribution in [3.05, 3.63) is 45.1 Å². The number of nitrogens with zero attached hydrogens (tertiary/aromatic N) is 1. The Morgan fingerprint density at radius 2 is 1.35 bits per heavy atom. The fourth-order valence-corrected chi connectivity index (χ4v) is 5.29. The van der Waals surface area contributed by atoms with Crippen LogP contribution in [-0.2, 0) is 36.8 Å². The zero-order valence-corrected chi connectivity index (χ0v) is 28.8. The third kappa shape index (κ3) is 11.7. The number of hydrogen-bond acceptors (Lipinski definition) is 11. The third-order valence-electron chi connectivity index (χ3n) is 5.95. The van der Waals surface area contributed by atoms with Gasteiger partial charge in [0.2, 0.25) is 0 Å². The molecule has 12 nitrogen and oxygen atoms in total. The number of ether oxygens (including phenoxy) is 5. The number of esters is 2. The van der Waals surface area contributed by atoms with Crippen LogP contribution in [0.25, 0.3) is 0 Å². The van der Waals surface area contributed by atoms with Crippen LogP contribution in [0.4, 0.5) is 4.79 Å². The molecule has 0 radical (unpaired) electrons. The quantitative estimate of drug-likeness (QED) is 0.208. The van der Waals surface area contributed by atoms with E-state index in [9.17, 15) is 24.0 Å². The van der Waals surface area contributed by atoms with Crippen LogP contribution in [0, 0.1) is 0 Å². The first-order valence-electron chi connectivity index (χ1n) is 14.9. The summed E-state index contributed by atoms with van der Waals surface area (Å²) in [7, 11) is 0. The molecule has 0 spiro atoms. The van der Waals surface area contributed by atoms with Crippen molar-refractivity contribution in [1.29, 1.82) is 0 Å². The summed E-state index contributed by atoms with van der Waals surface area (Å²) in [4.78, 5) is 66.1. The van der Waals surface area contributed by atoms with Crippen molar-refractivity contribution in [3.8, 4) is 11.5 Å². The first-order chi connectivity index (χ1) is 21.2. The van der Waals surface area contributed by atoms with Crippen LogP contribution < -0.4 is 14.8 Å². The maximum absolute atomic E-state index is 13.1. The van der Waals surface area contributed by atoms with Crippen molar-refractivity contribution in [1.82, 2.24) is 10.2 Å². The number of fused-ring (bicyclic) bond motifs is 1. The Morgan fingerprint density at radius 1 is 0.783 bits per heavy atom. The molecule has 2 heterocycles. The summed E-state index contributed by atoms with van der Waals surface area (Å²) in [5, 5.41) is 2.65. The van der Waals surface area contributed by atoms with E-state index < -0.39 is 59.7 Å². The molecular weight excluding hydrogens is 616 g/mol. The number of nitrogens with one attached hydrogen (secondary N) is 1.